The van der Waals surface area contributed by atoms with Crippen LogP contribution in [0.5, 0.6) is 0 Å². The zero-order chi connectivity index (χ0) is 15.0. The van der Waals surface area contributed by atoms with Gasteiger partial charge in [0.25, 0.3) is 0 Å². The summed E-state index contributed by atoms with van der Waals surface area (Å²) in [5, 5.41) is 3.14. The second-order valence-electron chi connectivity index (χ2n) is 4.88. The van der Waals surface area contributed by atoms with Crippen molar-refractivity contribution in [1.82, 2.24) is 15.3 Å². The van der Waals surface area contributed by atoms with E-state index in [4.69, 9.17) is 4.74 Å². The Morgan fingerprint density at radius 2 is 2.14 bits per heavy atom. The van der Waals surface area contributed by atoms with Crippen LogP contribution >= 0.6 is 0 Å². The Kier molecular flexibility index (Phi) is 3.39. The molecule has 1 aliphatic rings. The van der Waals surface area contributed by atoms with Crippen molar-refractivity contribution < 1.29 is 13.9 Å². The van der Waals surface area contributed by atoms with Crippen molar-refractivity contribution in [2.45, 2.75) is 20.0 Å². The van der Waals surface area contributed by atoms with Crippen LogP contribution in [0.3, 0.4) is 0 Å². The van der Waals surface area contributed by atoms with Crippen molar-refractivity contribution in [1.29, 1.82) is 0 Å². The molecule has 108 valence electrons. The average molecular weight is 287 g/mol. The third-order valence-corrected chi connectivity index (χ3v) is 3.48. The van der Waals surface area contributed by atoms with Crippen LogP contribution in [0.2, 0.25) is 0 Å². The fourth-order valence-electron chi connectivity index (χ4n) is 2.35. The molecule has 21 heavy (non-hydrogen) atoms. The third-order valence-electron chi connectivity index (χ3n) is 3.48. The number of esters is 1. The van der Waals surface area contributed by atoms with E-state index in [-0.39, 0.29) is 11.5 Å². The molecule has 1 aromatic carbocycles. The first-order valence-electron chi connectivity index (χ1n) is 6.55. The molecule has 0 spiro atoms. The Hall–Kier alpha value is -2.34. The van der Waals surface area contributed by atoms with E-state index in [1.165, 1.54) is 13.2 Å². The second-order valence-corrected chi connectivity index (χ2v) is 4.88. The second kappa shape index (κ2) is 5.21. The quantitative estimate of drug-likeness (QED) is 0.856. The van der Waals surface area contributed by atoms with E-state index in [0.29, 0.717) is 30.0 Å². The summed E-state index contributed by atoms with van der Waals surface area (Å²) in [4.78, 5) is 20.7. The number of carbonyl (C=O) groups is 1. The van der Waals surface area contributed by atoms with Gasteiger partial charge >= 0.3 is 5.97 Å². The first-order valence-corrected chi connectivity index (χ1v) is 6.55. The lowest BCUT2D eigenvalue weighted by Gasteiger charge is -2.09. The third kappa shape index (κ3) is 2.38. The Morgan fingerprint density at radius 1 is 1.33 bits per heavy atom. The molecule has 1 aromatic heterocycles. The van der Waals surface area contributed by atoms with Crippen LogP contribution < -0.4 is 5.32 Å². The summed E-state index contributed by atoms with van der Waals surface area (Å²) in [5.74, 6) is -0.367. The Bertz CT molecular complexity index is 731. The number of nitrogens with zero attached hydrogens (tertiary/aromatic N) is 2. The predicted octanol–water partition coefficient (Wildman–Crippen LogP) is 1.98. The molecule has 0 bridgehead atoms. The highest BCUT2D eigenvalue weighted by Gasteiger charge is 2.24. The lowest BCUT2D eigenvalue weighted by Crippen LogP contribution is -2.11. The molecule has 1 N–H and O–H groups in total. The average Bonchev–Trinajstić information content (AvgIpc) is 2.96. The highest BCUT2D eigenvalue weighted by atomic mass is 19.1. The minimum absolute atomic E-state index is 0.268. The van der Waals surface area contributed by atoms with Crippen LogP contribution in [0.25, 0.3) is 11.4 Å². The van der Waals surface area contributed by atoms with E-state index in [2.05, 4.69) is 15.3 Å². The molecule has 3 rings (SSSR count). The van der Waals surface area contributed by atoms with Crippen molar-refractivity contribution in [2.75, 3.05) is 7.11 Å². The molecule has 0 saturated carbocycles. The van der Waals surface area contributed by atoms with E-state index in [1.54, 1.807) is 19.1 Å². The SMILES string of the molecule is COC(=O)c1nc(-c2ccc(F)c(C)c2)nc2c1CNC2. The molecular formula is C15H14FN3O2. The van der Waals surface area contributed by atoms with Gasteiger partial charge in [0.15, 0.2) is 11.5 Å². The van der Waals surface area contributed by atoms with Crippen LogP contribution in [0, 0.1) is 12.7 Å². The number of halogens is 1. The van der Waals surface area contributed by atoms with E-state index >= 15 is 0 Å². The Labute approximate surface area is 121 Å². The molecule has 6 heteroatoms. The van der Waals surface area contributed by atoms with Gasteiger partial charge in [-0.15, -0.1) is 0 Å². The summed E-state index contributed by atoms with van der Waals surface area (Å²) in [6, 6.07) is 4.64. The van der Waals surface area contributed by atoms with Gasteiger partial charge in [-0.2, -0.15) is 0 Å². The molecule has 0 atom stereocenters. The van der Waals surface area contributed by atoms with Crippen molar-refractivity contribution in [2.24, 2.45) is 0 Å². The van der Waals surface area contributed by atoms with Crippen molar-refractivity contribution in [3.63, 3.8) is 0 Å². The topological polar surface area (TPSA) is 64.1 Å². The van der Waals surface area contributed by atoms with E-state index in [1.807, 2.05) is 0 Å². The number of carbonyl (C=O) groups excluding carboxylic acids is 1. The number of methoxy groups -OCH3 is 1. The van der Waals surface area contributed by atoms with Gasteiger partial charge in [0.1, 0.15) is 5.82 Å². The Balaban J connectivity index is 2.15. The zero-order valence-corrected chi connectivity index (χ0v) is 11.7. The minimum atomic E-state index is -0.488. The van der Waals surface area contributed by atoms with Crippen LogP contribution in [-0.2, 0) is 17.8 Å². The fraction of sp³-hybridized carbons (Fsp3) is 0.267. The summed E-state index contributed by atoms with van der Waals surface area (Å²) in [6.45, 7) is 2.80. The predicted molar refractivity (Wildman–Crippen MR) is 74.0 cm³/mol. The summed E-state index contributed by atoms with van der Waals surface area (Å²) < 4.78 is 18.1. The number of aryl methyl sites for hydroxylation is 1. The molecule has 1 aliphatic heterocycles. The first-order chi connectivity index (χ1) is 10.1. The molecule has 2 heterocycles. The standard InChI is InChI=1S/C15H14FN3O2/c1-8-5-9(3-4-11(8)16)14-18-12-7-17-6-10(12)13(19-14)15(20)21-2/h3-5,17H,6-7H2,1-2H3. The van der Waals surface area contributed by atoms with Gasteiger partial charge in [-0.1, -0.05) is 0 Å². The molecule has 0 unspecified atom stereocenters. The number of hydrogen-bond acceptors (Lipinski definition) is 5. The fourth-order valence-corrected chi connectivity index (χ4v) is 2.35. The molecule has 5 nitrogen and oxygen atoms in total. The van der Waals surface area contributed by atoms with Gasteiger partial charge in [-0.3, -0.25) is 0 Å². The number of hydrogen-bond donors (Lipinski definition) is 1. The van der Waals surface area contributed by atoms with Gasteiger partial charge in [0.05, 0.1) is 12.8 Å². The van der Waals surface area contributed by atoms with Crippen LogP contribution in [-0.4, -0.2) is 23.0 Å². The largest absolute Gasteiger partial charge is 0.464 e. The van der Waals surface area contributed by atoms with Crippen LogP contribution in [0.1, 0.15) is 27.3 Å². The van der Waals surface area contributed by atoms with Gasteiger partial charge < -0.3 is 10.1 Å². The number of fused-ring (bicyclic) bond motifs is 1. The lowest BCUT2D eigenvalue weighted by molar-refractivity contribution is 0.0592. The minimum Gasteiger partial charge on any atom is -0.464 e. The van der Waals surface area contributed by atoms with Crippen molar-refractivity contribution in [3.05, 3.63) is 46.5 Å². The molecular weight excluding hydrogens is 273 g/mol. The number of aromatic nitrogens is 2. The molecule has 0 saturated heterocycles. The summed E-state index contributed by atoms with van der Waals surface area (Å²) in [5.41, 5.74) is 3.00. The monoisotopic (exact) mass is 287 g/mol. The smallest absolute Gasteiger partial charge is 0.357 e. The summed E-state index contributed by atoms with van der Waals surface area (Å²) in [7, 11) is 1.32. The maximum absolute atomic E-state index is 13.4. The van der Waals surface area contributed by atoms with Crippen LogP contribution in [0.15, 0.2) is 18.2 Å². The van der Waals surface area contributed by atoms with E-state index in [0.717, 1.165) is 11.3 Å². The van der Waals surface area contributed by atoms with E-state index < -0.39 is 5.97 Å². The lowest BCUT2D eigenvalue weighted by atomic mass is 10.1. The maximum atomic E-state index is 13.4. The van der Waals surface area contributed by atoms with Crippen molar-refractivity contribution in [3.8, 4) is 11.4 Å². The number of nitrogens with one attached hydrogen (secondary N) is 1. The highest BCUT2D eigenvalue weighted by molar-refractivity contribution is 5.89. The van der Waals surface area contributed by atoms with E-state index in [9.17, 15) is 9.18 Å². The van der Waals surface area contributed by atoms with Gasteiger partial charge in [-0.25, -0.2) is 19.2 Å². The molecule has 0 aliphatic carbocycles. The van der Waals surface area contributed by atoms with Crippen molar-refractivity contribution >= 4 is 5.97 Å². The number of ether oxygens (including phenoxy) is 1. The first kappa shape index (κ1) is 13.6. The number of rotatable bonds is 2. The Morgan fingerprint density at radius 3 is 2.86 bits per heavy atom. The van der Waals surface area contributed by atoms with Crippen LogP contribution in [0.4, 0.5) is 4.39 Å². The molecule has 0 amide bonds. The van der Waals surface area contributed by atoms with Gasteiger partial charge in [0.2, 0.25) is 0 Å². The molecule has 2 aromatic rings. The zero-order valence-electron chi connectivity index (χ0n) is 11.7. The maximum Gasteiger partial charge on any atom is 0.357 e. The summed E-state index contributed by atoms with van der Waals surface area (Å²) in [6.07, 6.45) is 0. The normalized spacial score (nSPS) is 13.1. The van der Waals surface area contributed by atoms with Gasteiger partial charge in [0, 0.05) is 24.2 Å². The van der Waals surface area contributed by atoms with Gasteiger partial charge in [-0.05, 0) is 30.7 Å². The summed E-state index contributed by atoms with van der Waals surface area (Å²) >= 11 is 0. The highest BCUT2D eigenvalue weighted by Crippen LogP contribution is 2.24. The molecule has 0 radical (unpaired) electrons. The molecule has 0 fully saturated rings. The number of benzene rings is 1.